The molecule has 2 aliphatic heterocycles. The molecular weight excluding hydrogens is 1530 g/mol. The van der Waals surface area contributed by atoms with Crippen LogP contribution in [-0.4, -0.2) is 11.3 Å². The van der Waals surface area contributed by atoms with E-state index in [0.717, 1.165) is 134 Å². The summed E-state index contributed by atoms with van der Waals surface area (Å²) in [6.45, 7) is 13.9. The molecule has 4 aromatic heterocycles. The van der Waals surface area contributed by atoms with E-state index < -0.39 is 0 Å². The van der Waals surface area contributed by atoms with Gasteiger partial charge in [0.25, 0.3) is 6.71 Å². The van der Waals surface area contributed by atoms with Crippen LogP contribution in [0.5, 0.6) is 0 Å². The Hall–Kier alpha value is -14.3. The van der Waals surface area contributed by atoms with E-state index in [0.29, 0.717) is 0 Å². The lowest BCUT2D eigenvalue weighted by Crippen LogP contribution is -2.61. The highest BCUT2D eigenvalue weighted by molar-refractivity contribution is 7.26. The van der Waals surface area contributed by atoms with Gasteiger partial charge in [-0.15, -0.1) is 22.7 Å². The number of rotatable bonds is 11. The van der Waals surface area contributed by atoms with Crippen molar-refractivity contribution in [3.8, 4) is 94.7 Å². The van der Waals surface area contributed by atoms with Crippen molar-refractivity contribution in [2.24, 2.45) is 0 Å². The molecule has 0 radical (unpaired) electrons. The lowest BCUT2D eigenvalue weighted by atomic mass is 9.33. The Labute approximate surface area is 723 Å². The smallest absolute Gasteiger partial charge is 0.252 e. The second-order valence-electron chi connectivity index (χ2n) is 35.3. The molecule has 24 rings (SSSR count). The van der Waals surface area contributed by atoms with E-state index in [4.69, 9.17) is 4.42 Å². The van der Waals surface area contributed by atoms with Crippen LogP contribution < -0.4 is 26.2 Å². The Kier molecular flexibility index (Phi) is 16.6. The fourth-order valence-electron chi connectivity index (χ4n) is 20.2. The fourth-order valence-corrected chi connectivity index (χ4v) is 22.5. The average Bonchev–Trinajstić information content (AvgIpc) is 1.28. The molecule has 0 bridgehead atoms. The van der Waals surface area contributed by atoms with Gasteiger partial charge in [-0.25, -0.2) is 0 Å². The highest BCUT2D eigenvalue weighted by atomic mass is 32.1. The van der Waals surface area contributed by atoms with Crippen molar-refractivity contribution in [3.05, 3.63) is 399 Å². The third-order valence-electron chi connectivity index (χ3n) is 26.1. The normalized spacial score (nSPS) is 12.7. The standard InChI is InChI=1S/C116H82BN3OS2/c1-115(2,3)80-65-91(73-35-14-9-15-36-73)113(92(66-80)85-46-28-52-104-109(85)88-43-18-23-51-103(88)121-104)120-100-64-79(77-40-27-38-75(62-77)72-33-12-8-13-34-72)57-59-95(100)117-96-63-78(76-39-26-37-74(61-76)71-31-10-7-11-32-71)58-60-99(96)119(101-69-82(70-102(120)112(101)117)118-97-49-21-16-41-83(97)84-42-17-22-50-98(84)118)114-93(86-47-29-55-107-110(86)89-44-19-24-53-105(89)122-107)67-81(116(4,5)6)68-94(114)87-48-30-56-108-111(87)90-45-20-25-54-106(90)123-108/h7-70H,1-6H3. The minimum Gasteiger partial charge on any atom is -0.456 e. The van der Waals surface area contributed by atoms with Gasteiger partial charge in [-0.3, -0.25) is 0 Å². The van der Waals surface area contributed by atoms with Crippen LogP contribution in [0.2, 0.25) is 0 Å². The average molecular weight is 1610 g/mol. The molecule has 0 saturated heterocycles. The molecule has 0 saturated carbocycles. The molecular formula is C116H82BN3OS2. The Morgan fingerprint density at radius 1 is 0.252 bits per heavy atom. The van der Waals surface area contributed by atoms with E-state index in [9.17, 15) is 0 Å². The van der Waals surface area contributed by atoms with Crippen LogP contribution in [0.25, 0.3) is 179 Å². The predicted molar refractivity (Wildman–Crippen MR) is 529 cm³/mol. The van der Waals surface area contributed by atoms with Crippen LogP contribution in [0.3, 0.4) is 0 Å². The number of nitrogens with zero attached hydrogens (tertiary/aromatic N) is 3. The molecule has 0 amide bonds. The predicted octanol–water partition coefficient (Wildman–Crippen LogP) is 31.4. The number of hydrogen-bond acceptors (Lipinski definition) is 5. The molecule has 0 fully saturated rings. The van der Waals surface area contributed by atoms with Gasteiger partial charge in [-0.2, -0.15) is 0 Å². The Morgan fingerprint density at radius 2 is 0.642 bits per heavy atom. The summed E-state index contributed by atoms with van der Waals surface area (Å²) in [5.74, 6) is 0. The molecule has 582 valence electrons. The second-order valence-corrected chi connectivity index (χ2v) is 37.5. The molecule has 123 heavy (non-hydrogen) atoms. The topological polar surface area (TPSA) is 24.6 Å². The lowest BCUT2D eigenvalue weighted by molar-refractivity contribution is 0.590. The lowest BCUT2D eigenvalue weighted by Gasteiger charge is -2.46. The second kappa shape index (κ2) is 28.1. The van der Waals surface area contributed by atoms with Gasteiger partial charge in [0, 0.05) is 107 Å². The Balaban J connectivity index is 0.918. The van der Waals surface area contributed by atoms with Crippen molar-refractivity contribution in [2.75, 3.05) is 9.80 Å². The molecule has 0 spiro atoms. The molecule has 0 unspecified atom stereocenters. The third-order valence-corrected chi connectivity index (χ3v) is 28.3. The van der Waals surface area contributed by atoms with Crippen LogP contribution in [0, 0.1) is 0 Å². The number of furan rings is 1. The molecule has 7 heteroatoms. The first-order valence-electron chi connectivity index (χ1n) is 42.8. The summed E-state index contributed by atoms with van der Waals surface area (Å²) in [5, 5.41) is 9.53. The first kappa shape index (κ1) is 72.7. The number of benzene rings is 18. The van der Waals surface area contributed by atoms with Gasteiger partial charge >= 0.3 is 0 Å². The van der Waals surface area contributed by atoms with Gasteiger partial charge in [0.05, 0.1) is 28.1 Å². The Morgan fingerprint density at radius 3 is 1.19 bits per heavy atom. The summed E-state index contributed by atoms with van der Waals surface area (Å²) >= 11 is 3.77. The van der Waals surface area contributed by atoms with Gasteiger partial charge in [0.1, 0.15) is 11.2 Å². The van der Waals surface area contributed by atoms with Crippen molar-refractivity contribution in [2.45, 2.75) is 52.4 Å². The number of anilines is 6. The zero-order valence-electron chi connectivity index (χ0n) is 69.1. The van der Waals surface area contributed by atoms with Crippen LogP contribution in [0.15, 0.2) is 393 Å². The molecule has 2 aliphatic rings. The van der Waals surface area contributed by atoms with Gasteiger partial charge in [0.15, 0.2) is 0 Å². The quantitative estimate of drug-likeness (QED) is 0.121. The summed E-state index contributed by atoms with van der Waals surface area (Å²) < 4.78 is 14.6. The molecule has 0 N–H and O–H groups in total. The molecule has 18 aromatic carbocycles. The molecule has 6 heterocycles. The van der Waals surface area contributed by atoms with E-state index in [1.165, 1.54) is 106 Å². The number of para-hydroxylation sites is 3. The van der Waals surface area contributed by atoms with Crippen molar-refractivity contribution < 1.29 is 4.42 Å². The summed E-state index contributed by atoms with van der Waals surface area (Å²) in [6.07, 6.45) is 0. The van der Waals surface area contributed by atoms with Gasteiger partial charge in [-0.1, -0.05) is 321 Å². The fraction of sp³-hybridized carbons (Fsp3) is 0.0690. The first-order valence-corrected chi connectivity index (χ1v) is 44.4. The SMILES string of the molecule is CC(C)(C)c1cc(-c2ccccc2)c(N2c3cc(-c4cccc(-c5ccccc5)c4)ccc3B3c4cc(-c5cccc(-c6ccccc6)c5)ccc4N(c4c(-c5cccc6sc7ccccc7c56)cc(C(C)(C)C)cc4-c4cccc5sc6ccccc6c45)c4cc(-n5c6ccccc6c6ccccc65)cc2c43)c(-c2cccc3oc4ccccc4c23)c1. The zero-order chi connectivity index (χ0) is 82.1. The van der Waals surface area contributed by atoms with Crippen molar-refractivity contribution in [1.29, 1.82) is 0 Å². The largest absolute Gasteiger partial charge is 0.456 e. The van der Waals surface area contributed by atoms with Crippen LogP contribution >= 0.6 is 22.7 Å². The maximum absolute atomic E-state index is 7.04. The molecule has 4 nitrogen and oxygen atoms in total. The molecule has 0 atom stereocenters. The first-order chi connectivity index (χ1) is 60.3. The van der Waals surface area contributed by atoms with Crippen molar-refractivity contribution >= 4 is 164 Å². The van der Waals surface area contributed by atoms with Crippen molar-refractivity contribution in [1.82, 2.24) is 4.57 Å². The summed E-state index contributed by atoms with van der Waals surface area (Å²) in [7, 11) is 0. The maximum atomic E-state index is 7.04. The number of hydrogen-bond donors (Lipinski definition) is 0. The van der Waals surface area contributed by atoms with E-state index in [1.807, 2.05) is 22.7 Å². The van der Waals surface area contributed by atoms with E-state index in [1.54, 1.807) is 0 Å². The summed E-state index contributed by atoms with van der Waals surface area (Å²) in [6, 6.07) is 148. The zero-order valence-corrected chi connectivity index (χ0v) is 70.7. The van der Waals surface area contributed by atoms with E-state index >= 15 is 0 Å². The molecule has 22 aromatic rings. The number of fused-ring (bicyclic) bond motifs is 16. The summed E-state index contributed by atoms with van der Waals surface area (Å²) in [5.41, 5.74) is 35.2. The monoisotopic (exact) mass is 1610 g/mol. The van der Waals surface area contributed by atoms with Gasteiger partial charge < -0.3 is 18.8 Å². The van der Waals surface area contributed by atoms with Crippen LogP contribution in [0.4, 0.5) is 34.1 Å². The highest BCUT2D eigenvalue weighted by Crippen LogP contribution is 2.59. The van der Waals surface area contributed by atoms with Crippen LogP contribution in [-0.2, 0) is 10.8 Å². The minimum absolute atomic E-state index is 0.305. The summed E-state index contributed by atoms with van der Waals surface area (Å²) in [4.78, 5) is 5.55. The number of thiophene rings is 2. The minimum atomic E-state index is -0.366. The maximum Gasteiger partial charge on any atom is 0.252 e. The van der Waals surface area contributed by atoms with E-state index in [2.05, 4.69) is 444 Å². The molecule has 0 aliphatic carbocycles. The highest BCUT2D eigenvalue weighted by Gasteiger charge is 2.47. The van der Waals surface area contributed by atoms with Gasteiger partial charge in [0.2, 0.25) is 0 Å². The van der Waals surface area contributed by atoms with Crippen molar-refractivity contribution in [3.63, 3.8) is 0 Å². The van der Waals surface area contributed by atoms with Gasteiger partial charge in [-0.05, 0) is 214 Å². The number of aromatic nitrogens is 1. The Bertz CT molecular complexity index is 7920. The third kappa shape index (κ3) is 11.7. The van der Waals surface area contributed by atoms with Crippen LogP contribution in [0.1, 0.15) is 52.7 Å². The van der Waals surface area contributed by atoms with E-state index in [-0.39, 0.29) is 17.5 Å².